The second kappa shape index (κ2) is 6.98. The summed E-state index contributed by atoms with van der Waals surface area (Å²) in [4.78, 5) is 12.0. The summed E-state index contributed by atoms with van der Waals surface area (Å²) in [5, 5.41) is 6.84. The molecule has 0 saturated carbocycles. The Morgan fingerprint density at radius 3 is 2.68 bits per heavy atom. The van der Waals surface area contributed by atoms with Gasteiger partial charge in [0.15, 0.2) is 11.5 Å². The molecule has 1 N–H and O–H groups in total. The molecule has 0 aliphatic carbocycles. The lowest BCUT2D eigenvalue weighted by molar-refractivity contribution is 0.0941. The van der Waals surface area contributed by atoms with E-state index in [0.29, 0.717) is 23.7 Å². The molecule has 118 valence electrons. The number of rotatable bonds is 6. The monoisotopic (exact) mass is 303 g/mol. The quantitative estimate of drug-likeness (QED) is 0.888. The zero-order valence-electron chi connectivity index (χ0n) is 13.3. The number of benzene rings is 1. The minimum Gasteiger partial charge on any atom is -0.493 e. The van der Waals surface area contributed by atoms with Crippen molar-refractivity contribution in [2.45, 2.75) is 26.5 Å². The fourth-order valence-electron chi connectivity index (χ4n) is 2.04. The molecule has 0 saturated heterocycles. The minimum atomic E-state index is -0.165. The van der Waals surface area contributed by atoms with Crippen LogP contribution < -0.4 is 14.8 Å². The first-order valence-corrected chi connectivity index (χ1v) is 7.11. The Balaban J connectivity index is 2.04. The van der Waals surface area contributed by atoms with Gasteiger partial charge in [0.2, 0.25) is 0 Å². The number of carbonyl (C=O) groups excluding carboxylic acids is 1. The molecular weight excluding hydrogens is 282 g/mol. The number of ether oxygens (including phenoxy) is 2. The van der Waals surface area contributed by atoms with Crippen LogP contribution in [0.4, 0.5) is 0 Å². The minimum absolute atomic E-state index is 0.0734. The number of nitrogens with one attached hydrogen (secondary N) is 1. The third-order valence-electron chi connectivity index (χ3n) is 3.10. The van der Waals surface area contributed by atoms with Crippen molar-refractivity contribution in [1.29, 1.82) is 0 Å². The van der Waals surface area contributed by atoms with Gasteiger partial charge in [-0.2, -0.15) is 5.10 Å². The van der Waals surface area contributed by atoms with E-state index in [0.717, 1.165) is 5.56 Å². The maximum atomic E-state index is 12.0. The Morgan fingerprint density at radius 2 is 2.09 bits per heavy atom. The highest BCUT2D eigenvalue weighted by Crippen LogP contribution is 2.28. The van der Waals surface area contributed by atoms with Crippen molar-refractivity contribution in [3.8, 4) is 11.5 Å². The zero-order chi connectivity index (χ0) is 16.1. The topological polar surface area (TPSA) is 65.4 Å². The number of aromatic nitrogens is 2. The average molecular weight is 303 g/mol. The highest BCUT2D eigenvalue weighted by Gasteiger charge is 2.11. The van der Waals surface area contributed by atoms with Crippen LogP contribution in [0.15, 0.2) is 30.5 Å². The number of hydrogen-bond acceptors (Lipinski definition) is 4. The fourth-order valence-corrected chi connectivity index (χ4v) is 2.04. The van der Waals surface area contributed by atoms with Crippen molar-refractivity contribution in [2.75, 3.05) is 7.11 Å². The molecular formula is C16H21N3O3. The van der Waals surface area contributed by atoms with Crippen LogP contribution in [-0.4, -0.2) is 28.9 Å². The number of nitrogens with zero attached hydrogens (tertiary/aromatic N) is 2. The van der Waals surface area contributed by atoms with Crippen molar-refractivity contribution in [3.05, 3.63) is 41.7 Å². The van der Waals surface area contributed by atoms with Crippen molar-refractivity contribution in [1.82, 2.24) is 15.1 Å². The maximum Gasteiger partial charge on any atom is 0.269 e. The van der Waals surface area contributed by atoms with Crippen LogP contribution in [0.2, 0.25) is 0 Å². The van der Waals surface area contributed by atoms with Gasteiger partial charge in [0.05, 0.1) is 13.2 Å². The van der Waals surface area contributed by atoms with Crippen LogP contribution in [0, 0.1) is 0 Å². The van der Waals surface area contributed by atoms with Crippen molar-refractivity contribution < 1.29 is 14.3 Å². The Bertz CT molecular complexity index is 650. The summed E-state index contributed by atoms with van der Waals surface area (Å²) < 4.78 is 12.5. The van der Waals surface area contributed by atoms with E-state index in [9.17, 15) is 4.79 Å². The second-order valence-electron chi connectivity index (χ2n) is 5.17. The van der Waals surface area contributed by atoms with Crippen LogP contribution in [0.25, 0.3) is 0 Å². The summed E-state index contributed by atoms with van der Waals surface area (Å²) in [6.45, 7) is 4.32. The van der Waals surface area contributed by atoms with E-state index in [1.165, 1.54) is 4.68 Å². The number of aryl methyl sites for hydroxylation is 1. The summed E-state index contributed by atoms with van der Waals surface area (Å²) in [6, 6.07) is 7.30. The maximum absolute atomic E-state index is 12.0. The van der Waals surface area contributed by atoms with E-state index >= 15 is 0 Å². The third kappa shape index (κ3) is 3.78. The molecule has 1 amide bonds. The van der Waals surface area contributed by atoms with Crippen LogP contribution in [0.1, 0.15) is 29.9 Å². The van der Waals surface area contributed by atoms with Crippen LogP contribution >= 0.6 is 0 Å². The van der Waals surface area contributed by atoms with E-state index in [2.05, 4.69) is 10.4 Å². The summed E-state index contributed by atoms with van der Waals surface area (Å²) in [6.07, 6.45) is 1.67. The predicted molar refractivity (Wildman–Crippen MR) is 83.1 cm³/mol. The van der Waals surface area contributed by atoms with Crippen LogP contribution in [0.3, 0.4) is 0 Å². The van der Waals surface area contributed by atoms with Crippen LogP contribution in [0.5, 0.6) is 11.5 Å². The third-order valence-corrected chi connectivity index (χ3v) is 3.10. The van der Waals surface area contributed by atoms with Gasteiger partial charge < -0.3 is 14.8 Å². The molecule has 1 aromatic carbocycles. The number of amides is 1. The van der Waals surface area contributed by atoms with E-state index in [1.54, 1.807) is 26.4 Å². The first kappa shape index (κ1) is 15.9. The van der Waals surface area contributed by atoms with E-state index < -0.39 is 0 Å². The van der Waals surface area contributed by atoms with Gasteiger partial charge in [-0.05, 0) is 37.6 Å². The smallest absolute Gasteiger partial charge is 0.269 e. The number of methoxy groups -OCH3 is 1. The molecule has 1 aromatic heterocycles. The van der Waals surface area contributed by atoms with Gasteiger partial charge in [0, 0.05) is 19.8 Å². The summed E-state index contributed by atoms with van der Waals surface area (Å²) in [5.41, 5.74) is 1.45. The molecule has 6 nitrogen and oxygen atoms in total. The zero-order valence-corrected chi connectivity index (χ0v) is 13.3. The van der Waals surface area contributed by atoms with Crippen LogP contribution in [-0.2, 0) is 13.6 Å². The Morgan fingerprint density at radius 1 is 1.32 bits per heavy atom. The molecule has 0 aliphatic heterocycles. The molecule has 0 atom stereocenters. The Labute approximate surface area is 130 Å². The van der Waals surface area contributed by atoms with Gasteiger partial charge in [0.1, 0.15) is 5.69 Å². The molecule has 0 bridgehead atoms. The standard InChI is InChI=1S/C16H21N3O3/c1-11(2)22-14-6-5-12(9-15(14)21-4)10-17-16(20)13-7-8-18-19(13)3/h5-9,11H,10H2,1-4H3,(H,17,20). The van der Waals surface area contributed by atoms with Gasteiger partial charge in [0.25, 0.3) is 5.91 Å². The van der Waals surface area contributed by atoms with Gasteiger partial charge in [-0.1, -0.05) is 6.07 Å². The highest BCUT2D eigenvalue weighted by atomic mass is 16.5. The molecule has 0 spiro atoms. The first-order valence-electron chi connectivity index (χ1n) is 7.11. The lowest BCUT2D eigenvalue weighted by atomic mass is 10.2. The van der Waals surface area contributed by atoms with Crippen molar-refractivity contribution >= 4 is 5.91 Å². The largest absolute Gasteiger partial charge is 0.493 e. The number of carbonyl (C=O) groups is 1. The fraction of sp³-hybridized carbons (Fsp3) is 0.375. The predicted octanol–water partition coefficient (Wildman–Crippen LogP) is 2.15. The molecule has 0 radical (unpaired) electrons. The van der Waals surface area contributed by atoms with Gasteiger partial charge >= 0.3 is 0 Å². The molecule has 0 fully saturated rings. The lowest BCUT2D eigenvalue weighted by Gasteiger charge is -2.14. The normalized spacial score (nSPS) is 10.6. The summed E-state index contributed by atoms with van der Waals surface area (Å²) in [5.74, 6) is 1.18. The molecule has 0 aliphatic rings. The number of hydrogen-bond donors (Lipinski definition) is 1. The molecule has 2 rings (SSSR count). The van der Waals surface area contributed by atoms with Crippen molar-refractivity contribution in [2.24, 2.45) is 7.05 Å². The molecule has 22 heavy (non-hydrogen) atoms. The molecule has 0 unspecified atom stereocenters. The Kier molecular flexibility index (Phi) is 5.04. The van der Waals surface area contributed by atoms with Gasteiger partial charge in [-0.25, -0.2) is 0 Å². The SMILES string of the molecule is COc1cc(CNC(=O)c2ccnn2C)ccc1OC(C)C. The highest BCUT2D eigenvalue weighted by molar-refractivity contribution is 5.92. The molecule has 2 aromatic rings. The summed E-state index contributed by atoms with van der Waals surface area (Å²) >= 11 is 0. The average Bonchev–Trinajstić information content (AvgIpc) is 2.91. The first-order chi connectivity index (χ1) is 10.5. The second-order valence-corrected chi connectivity index (χ2v) is 5.17. The lowest BCUT2D eigenvalue weighted by Crippen LogP contribution is -2.25. The van der Waals surface area contributed by atoms with E-state index in [1.807, 2.05) is 32.0 Å². The molecule has 1 heterocycles. The van der Waals surface area contributed by atoms with Crippen molar-refractivity contribution in [3.63, 3.8) is 0 Å². The Hall–Kier alpha value is -2.50. The van der Waals surface area contributed by atoms with E-state index in [-0.39, 0.29) is 12.0 Å². The van der Waals surface area contributed by atoms with E-state index in [4.69, 9.17) is 9.47 Å². The van der Waals surface area contributed by atoms with Gasteiger partial charge in [-0.3, -0.25) is 9.48 Å². The molecule has 6 heteroatoms. The van der Waals surface area contributed by atoms with Gasteiger partial charge in [-0.15, -0.1) is 0 Å². The summed E-state index contributed by atoms with van der Waals surface area (Å²) in [7, 11) is 3.33.